The number of likely N-dealkylation sites (tertiary alicyclic amines) is 1. The van der Waals surface area contributed by atoms with Crippen LogP contribution in [0.1, 0.15) is 36.0 Å². The van der Waals surface area contributed by atoms with Gasteiger partial charge < -0.3 is 10.2 Å². The third-order valence-corrected chi connectivity index (χ3v) is 4.83. The Balaban J connectivity index is 1.75. The van der Waals surface area contributed by atoms with Crippen molar-refractivity contribution in [2.45, 2.75) is 25.7 Å². The number of carbonyl (C=O) groups excluding carboxylic acids is 1. The number of anilines is 2. The van der Waals surface area contributed by atoms with Crippen molar-refractivity contribution in [2.24, 2.45) is 0 Å². The van der Waals surface area contributed by atoms with Crippen molar-refractivity contribution in [3.05, 3.63) is 52.1 Å². The number of hydrogen-bond donors (Lipinski definition) is 1. The van der Waals surface area contributed by atoms with Gasteiger partial charge in [0, 0.05) is 30.5 Å². The van der Waals surface area contributed by atoms with Crippen LogP contribution in [0.15, 0.2) is 36.5 Å². The zero-order valence-corrected chi connectivity index (χ0v) is 14.8. The normalized spacial score (nSPS) is 15.0. The summed E-state index contributed by atoms with van der Waals surface area (Å²) in [4.78, 5) is 18.9. The molecular weight excluding hydrogens is 345 g/mol. The van der Waals surface area contributed by atoms with Gasteiger partial charge in [0.25, 0.3) is 5.91 Å². The summed E-state index contributed by atoms with van der Waals surface area (Å²) in [6.45, 7) is 1.66. The first-order valence-electron chi connectivity index (χ1n) is 8.11. The number of amides is 1. The summed E-state index contributed by atoms with van der Waals surface area (Å²) in [6.07, 6.45) is 6.19. The first-order valence-corrected chi connectivity index (χ1v) is 8.86. The zero-order chi connectivity index (χ0) is 16.9. The number of pyridine rings is 1. The second kappa shape index (κ2) is 7.86. The first-order chi connectivity index (χ1) is 11.6. The van der Waals surface area contributed by atoms with E-state index in [9.17, 15) is 4.79 Å². The molecule has 126 valence electrons. The minimum absolute atomic E-state index is 0.0662. The Morgan fingerprint density at radius 1 is 1.00 bits per heavy atom. The summed E-state index contributed by atoms with van der Waals surface area (Å²) < 4.78 is 0. The van der Waals surface area contributed by atoms with Gasteiger partial charge in [0.15, 0.2) is 0 Å². The van der Waals surface area contributed by atoms with Gasteiger partial charge in [-0.2, -0.15) is 0 Å². The molecule has 0 spiro atoms. The van der Waals surface area contributed by atoms with Crippen molar-refractivity contribution in [1.29, 1.82) is 0 Å². The average Bonchev–Trinajstić information content (AvgIpc) is 2.87. The highest BCUT2D eigenvalue weighted by atomic mass is 35.5. The Labute approximate surface area is 151 Å². The highest BCUT2D eigenvalue weighted by molar-refractivity contribution is 6.42. The third kappa shape index (κ3) is 4.19. The van der Waals surface area contributed by atoms with Crippen LogP contribution in [0.3, 0.4) is 0 Å². The molecule has 1 fully saturated rings. The van der Waals surface area contributed by atoms with Gasteiger partial charge in [-0.05, 0) is 43.2 Å². The highest BCUT2D eigenvalue weighted by Gasteiger charge is 2.17. The van der Waals surface area contributed by atoms with Crippen molar-refractivity contribution in [1.82, 2.24) is 9.88 Å². The van der Waals surface area contributed by atoms with E-state index in [1.807, 2.05) is 11.0 Å². The summed E-state index contributed by atoms with van der Waals surface area (Å²) in [6, 6.07) is 8.80. The van der Waals surface area contributed by atoms with Crippen LogP contribution in [-0.2, 0) is 0 Å². The minimum Gasteiger partial charge on any atom is -0.340 e. The van der Waals surface area contributed by atoms with Crippen molar-refractivity contribution in [2.75, 3.05) is 18.4 Å². The maximum atomic E-state index is 12.7. The van der Waals surface area contributed by atoms with Crippen molar-refractivity contribution in [3.63, 3.8) is 0 Å². The fourth-order valence-electron chi connectivity index (χ4n) is 2.81. The molecule has 1 N–H and O–H groups in total. The van der Waals surface area contributed by atoms with E-state index in [1.165, 1.54) is 12.8 Å². The lowest BCUT2D eigenvalue weighted by atomic mass is 10.2. The molecular formula is C18H19Cl2N3O. The molecule has 1 saturated heterocycles. The summed E-state index contributed by atoms with van der Waals surface area (Å²) in [7, 11) is 0. The molecule has 1 aliphatic heterocycles. The fraction of sp³-hybridized carbons (Fsp3) is 0.333. The van der Waals surface area contributed by atoms with E-state index in [1.54, 1.807) is 30.5 Å². The number of aromatic nitrogens is 1. The second-order valence-electron chi connectivity index (χ2n) is 5.89. The van der Waals surface area contributed by atoms with Gasteiger partial charge in [-0.25, -0.2) is 4.98 Å². The molecule has 0 atom stereocenters. The summed E-state index contributed by atoms with van der Waals surface area (Å²) >= 11 is 11.9. The number of rotatable bonds is 3. The van der Waals surface area contributed by atoms with Gasteiger partial charge in [0.1, 0.15) is 5.82 Å². The van der Waals surface area contributed by atoms with Crippen LogP contribution in [0, 0.1) is 0 Å². The van der Waals surface area contributed by atoms with E-state index >= 15 is 0 Å². The zero-order valence-electron chi connectivity index (χ0n) is 13.3. The van der Waals surface area contributed by atoms with E-state index < -0.39 is 0 Å². The van der Waals surface area contributed by atoms with Crippen LogP contribution in [0.5, 0.6) is 0 Å². The maximum Gasteiger partial charge on any atom is 0.254 e. The SMILES string of the molecule is O=C(c1ccnc(Nc2ccc(Cl)c(Cl)c2)c1)N1CCCCCC1. The topological polar surface area (TPSA) is 45.2 Å². The molecule has 0 radical (unpaired) electrons. The molecule has 4 nitrogen and oxygen atoms in total. The van der Waals surface area contributed by atoms with Crippen molar-refractivity contribution in [3.8, 4) is 0 Å². The van der Waals surface area contributed by atoms with Crippen LogP contribution in [0.2, 0.25) is 10.0 Å². The molecule has 1 aliphatic rings. The molecule has 3 rings (SSSR count). The van der Waals surface area contributed by atoms with Crippen LogP contribution in [0.4, 0.5) is 11.5 Å². The molecule has 1 aromatic carbocycles. The van der Waals surface area contributed by atoms with Crippen LogP contribution in [-0.4, -0.2) is 28.9 Å². The fourth-order valence-corrected chi connectivity index (χ4v) is 3.11. The quantitative estimate of drug-likeness (QED) is 0.819. The molecule has 1 amide bonds. The molecule has 2 heterocycles. The number of nitrogens with one attached hydrogen (secondary N) is 1. The Kier molecular flexibility index (Phi) is 5.59. The summed E-state index contributed by atoms with van der Waals surface area (Å²) in [5.74, 6) is 0.672. The van der Waals surface area contributed by atoms with E-state index in [-0.39, 0.29) is 5.91 Å². The largest absolute Gasteiger partial charge is 0.340 e. The monoisotopic (exact) mass is 363 g/mol. The Morgan fingerprint density at radius 2 is 1.75 bits per heavy atom. The Morgan fingerprint density at radius 3 is 2.46 bits per heavy atom. The number of benzene rings is 1. The van der Waals surface area contributed by atoms with E-state index in [0.717, 1.165) is 31.6 Å². The number of hydrogen-bond acceptors (Lipinski definition) is 3. The van der Waals surface area contributed by atoms with Gasteiger partial charge in [0.05, 0.1) is 10.0 Å². The van der Waals surface area contributed by atoms with Gasteiger partial charge in [-0.3, -0.25) is 4.79 Å². The predicted octanol–water partition coefficient (Wildman–Crippen LogP) is 5.15. The molecule has 0 aliphatic carbocycles. The Hall–Kier alpha value is -1.78. The molecule has 1 aromatic heterocycles. The molecule has 0 saturated carbocycles. The number of carbonyl (C=O) groups is 1. The second-order valence-corrected chi connectivity index (χ2v) is 6.70. The molecule has 2 aromatic rings. The predicted molar refractivity (Wildman–Crippen MR) is 98.4 cm³/mol. The molecule has 6 heteroatoms. The van der Waals surface area contributed by atoms with Gasteiger partial charge in [-0.15, -0.1) is 0 Å². The lowest BCUT2D eigenvalue weighted by Crippen LogP contribution is -2.31. The van der Waals surface area contributed by atoms with Crippen molar-refractivity contribution >= 4 is 40.6 Å². The molecule has 24 heavy (non-hydrogen) atoms. The highest BCUT2D eigenvalue weighted by Crippen LogP contribution is 2.26. The molecule has 0 unspecified atom stereocenters. The van der Waals surface area contributed by atoms with Gasteiger partial charge >= 0.3 is 0 Å². The summed E-state index contributed by atoms with van der Waals surface area (Å²) in [5, 5.41) is 4.13. The van der Waals surface area contributed by atoms with Crippen LogP contribution >= 0.6 is 23.2 Å². The summed E-state index contributed by atoms with van der Waals surface area (Å²) in [5.41, 5.74) is 1.42. The third-order valence-electron chi connectivity index (χ3n) is 4.09. The number of nitrogens with zero attached hydrogens (tertiary/aromatic N) is 2. The van der Waals surface area contributed by atoms with E-state index in [0.29, 0.717) is 21.4 Å². The lowest BCUT2D eigenvalue weighted by molar-refractivity contribution is 0.0761. The Bertz CT molecular complexity index is 728. The lowest BCUT2D eigenvalue weighted by Gasteiger charge is -2.20. The van der Waals surface area contributed by atoms with Crippen LogP contribution < -0.4 is 5.32 Å². The van der Waals surface area contributed by atoms with Gasteiger partial charge in [0.2, 0.25) is 0 Å². The smallest absolute Gasteiger partial charge is 0.254 e. The van der Waals surface area contributed by atoms with Crippen LogP contribution in [0.25, 0.3) is 0 Å². The van der Waals surface area contributed by atoms with E-state index in [2.05, 4.69) is 10.3 Å². The first kappa shape index (κ1) is 17.1. The van der Waals surface area contributed by atoms with Gasteiger partial charge in [-0.1, -0.05) is 36.0 Å². The van der Waals surface area contributed by atoms with Crippen molar-refractivity contribution < 1.29 is 4.79 Å². The molecule has 0 bridgehead atoms. The van der Waals surface area contributed by atoms with E-state index in [4.69, 9.17) is 23.2 Å². The number of halogens is 2. The average molecular weight is 364 g/mol. The minimum atomic E-state index is 0.0662. The standard InChI is InChI=1S/C18H19Cl2N3O/c19-15-6-5-14(12-16(15)20)22-17-11-13(7-8-21-17)18(24)23-9-3-1-2-4-10-23/h5-8,11-12H,1-4,9-10H2,(H,21,22). The maximum absolute atomic E-state index is 12.7.